The van der Waals surface area contributed by atoms with Crippen LogP contribution in [0.4, 0.5) is 0 Å². The smallest absolute Gasteiger partial charge is 0.334 e. The minimum absolute atomic E-state index is 0.0215. The molecular formula is C25H34O5. The van der Waals surface area contributed by atoms with Crippen LogP contribution in [0.1, 0.15) is 61.8 Å². The summed E-state index contributed by atoms with van der Waals surface area (Å²) < 4.78 is 11.8. The molecule has 0 aromatic carbocycles. The van der Waals surface area contributed by atoms with E-state index in [2.05, 4.69) is 0 Å². The number of hydrogen-bond donors (Lipinski definition) is 0. The third-order valence-electron chi connectivity index (χ3n) is 6.60. The Labute approximate surface area is 179 Å². The summed E-state index contributed by atoms with van der Waals surface area (Å²) in [5.41, 5.74) is 2.11. The van der Waals surface area contributed by atoms with Crippen molar-refractivity contribution in [1.82, 2.24) is 0 Å². The lowest BCUT2D eigenvalue weighted by atomic mass is 9.63. The van der Waals surface area contributed by atoms with Gasteiger partial charge in [0.05, 0.1) is 0 Å². The summed E-state index contributed by atoms with van der Waals surface area (Å²) in [6.07, 6.45) is 6.21. The average Bonchev–Trinajstić information content (AvgIpc) is 2.76. The van der Waals surface area contributed by atoms with Crippen LogP contribution in [0, 0.1) is 17.3 Å². The highest BCUT2D eigenvalue weighted by Gasteiger charge is 2.51. The molecule has 0 fully saturated rings. The molecule has 4 atom stereocenters. The SMILES string of the molecule is C/C=C(\C)C(=O)O[C@@H]1C=C(C)[C@@H]2CC(=O)C(C)=C[C@@H]2C(C)(C)[C@H]1OC(=O)/C(C)=C/C. The topological polar surface area (TPSA) is 69.7 Å². The Hall–Kier alpha value is -2.43. The fourth-order valence-electron chi connectivity index (χ4n) is 4.20. The van der Waals surface area contributed by atoms with E-state index in [0.29, 0.717) is 17.6 Å². The number of carbonyl (C=O) groups is 3. The van der Waals surface area contributed by atoms with Crippen LogP contribution in [-0.4, -0.2) is 29.9 Å². The summed E-state index contributed by atoms with van der Waals surface area (Å²) >= 11 is 0. The maximum atomic E-state index is 12.7. The van der Waals surface area contributed by atoms with Gasteiger partial charge in [-0.25, -0.2) is 9.59 Å². The third kappa shape index (κ3) is 4.66. The van der Waals surface area contributed by atoms with Crippen molar-refractivity contribution in [2.24, 2.45) is 17.3 Å². The van der Waals surface area contributed by atoms with Gasteiger partial charge in [0.25, 0.3) is 0 Å². The summed E-state index contributed by atoms with van der Waals surface area (Å²) in [6.45, 7) is 14.8. The van der Waals surface area contributed by atoms with Crippen molar-refractivity contribution >= 4 is 17.7 Å². The number of hydrogen-bond acceptors (Lipinski definition) is 5. The average molecular weight is 415 g/mol. The number of ketones is 1. The lowest BCUT2D eigenvalue weighted by Crippen LogP contribution is -2.48. The molecule has 30 heavy (non-hydrogen) atoms. The first-order valence-corrected chi connectivity index (χ1v) is 10.5. The van der Waals surface area contributed by atoms with Crippen molar-refractivity contribution in [2.45, 2.75) is 74.0 Å². The minimum Gasteiger partial charge on any atom is -0.454 e. The van der Waals surface area contributed by atoms with E-state index < -0.39 is 29.6 Å². The quantitative estimate of drug-likeness (QED) is 0.372. The van der Waals surface area contributed by atoms with Crippen LogP contribution < -0.4 is 0 Å². The largest absolute Gasteiger partial charge is 0.454 e. The molecule has 0 aliphatic heterocycles. The zero-order valence-electron chi connectivity index (χ0n) is 19.4. The molecule has 0 saturated carbocycles. The maximum absolute atomic E-state index is 12.7. The molecule has 0 bridgehead atoms. The van der Waals surface area contributed by atoms with E-state index in [-0.39, 0.29) is 17.6 Å². The van der Waals surface area contributed by atoms with Gasteiger partial charge in [-0.3, -0.25) is 4.79 Å². The second-order valence-corrected chi connectivity index (χ2v) is 8.98. The van der Waals surface area contributed by atoms with E-state index in [1.54, 1.807) is 39.8 Å². The van der Waals surface area contributed by atoms with Crippen molar-refractivity contribution in [3.05, 3.63) is 46.6 Å². The number of esters is 2. The van der Waals surface area contributed by atoms with Gasteiger partial charge < -0.3 is 9.47 Å². The van der Waals surface area contributed by atoms with Crippen molar-refractivity contribution in [3.63, 3.8) is 0 Å². The Balaban J connectivity index is 2.58. The molecule has 164 valence electrons. The van der Waals surface area contributed by atoms with Crippen molar-refractivity contribution in [1.29, 1.82) is 0 Å². The number of rotatable bonds is 4. The number of ether oxygens (including phenoxy) is 2. The molecule has 0 unspecified atom stereocenters. The van der Waals surface area contributed by atoms with E-state index in [0.717, 1.165) is 11.1 Å². The highest BCUT2D eigenvalue weighted by Crippen LogP contribution is 2.49. The highest BCUT2D eigenvalue weighted by molar-refractivity contribution is 5.96. The normalized spacial score (nSPS) is 29.3. The molecular weight excluding hydrogens is 380 g/mol. The van der Waals surface area contributed by atoms with Gasteiger partial charge in [-0.05, 0) is 65.0 Å². The Bertz CT molecular complexity index is 853. The second kappa shape index (κ2) is 9.15. The van der Waals surface area contributed by atoms with Crippen LogP contribution in [0.15, 0.2) is 46.6 Å². The standard InChI is InChI=1S/C25H34O5/c1-9-14(3)23(27)29-21-12-16(5)18-13-20(26)17(6)11-19(18)25(7,8)22(21)30-24(28)15(4)10-2/h9-12,18-19,21-22H,13H2,1-8H3/b14-9+,15-10+/t18-,19-,21+,22-/m0/s1. The van der Waals surface area contributed by atoms with Crippen LogP contribution >= 0.6 is 0 Å². The number of carbonyl (C=O) groups excluding carboxylic acids is 3. The predicted molar refractivity (Wildman–Crippen MR) is 117 cm³/mol. The molecule has 5 nitrogen and oxygen atoms in total. The summed E-state index contributed by atoms with van der Waals surface area (Å²) in [5.74, 6) is -0.804. The molecule has 0 aromatic heterocycles. The van der Waals surface area contributed by atoms with E-state index in [4.69, 9.17) is 9.47 Å². The molecule has 0 N–H and O–H groups in total. The molecule has 0 aromatic rings. The minimum atomic E-state index is -0.745. The van der Waals surface area contributed by atoms with Gasteiger partial charge in [-0.15, -0.1) is 0 Å². The predicted octanol–water partition coefficient (Wildman–Crippen LogP) is 4.88. The van der Waals surface area contributed by atoms with Crippen LogP contribution in [0.25, 0.3) is 0 Å². The molecule has 0 heterocycles. The third-order valence-corrected chi connectivity index (χ3v) is 6.60. The fraction of sp³-hybridized carbons (Fsp3) is 0.560. The summed E-state index contributed by atoms with van der Waals surface area (Å²) in [5, 5.41) is 0. The van der Waals surface area contributed by atoms with Crippen molar-refractivity contribution in [2.75, 3.05) is 0 Å². The van der Waals surface area contributed by atoms with E-state index in [1.165, 1.54) is 0 Å². The first-order chi connectivity index (χ1) is 13.9. The van der Waals surface area contributed by atoms with Gasteiger partial charge in [-0.1, -0.05) is 37.6 Å². The summed E-state index contributed by atoms with van der Waals surface area (Å²) in [6, 6.07) is 0. The molecule has 2 aliphatic carbocycles. The van der Waals surface area contributed by atoms with Gasteiger partial charge in [-0.2, -0.15) is 0 Å². The zero-order valence-corrected chi connectivity index (χ0v) is 19.4. The van der Waals surface area contributed by atoms with Crippen LogP contribution in [0.3, 0.4) is 0 Å². The van der Waals surface area contributed by atoms with Crippen molar-refractivity contribution in [3.8, 4) is 0 Å². The lowest BCUT2D eigenvalue weighted by Gasteiger charge is -2.43. The maximum Gasteiger partial charge on any atom is 0.334 e. The van der Waals surface area contributed by atoms with Gasteiger partial charge in [0.1, 0.15) is 6.10 Å². The zero-order chi connectivity index (χ0) is 22.8. The van der Waals surface area contributed by atoms with E-state index >= 15 is 0 Å². The fourth-order valence-corrected chi connectivity index (χ4v) is 4.20. The van der Waals surface area contributed by atoms with Gasteiger partial charge in [0.2, 0.25) is 0 Å². The van der Waals surface area contributed by atoms with Crippen molar-refractivity contribution < 1.29 is 23.9 Å². The summed E-state index contributed by atoms with van der Waals surface area (Å²) in [7, 11) is 0. The number of fused-ring (bicyclic) bond motifs is 1. The molecule has 0 spiro atoms. The molecule has 2 rings (SSSR count). The van der Waals surface area contributed by atoms with Gasteiger partial charge in [0, 0.05) is 23.0 Å². The van der Waals surface area contributed by atoms with Gasteiger partial charge >= 0.3 is 11.9 Å². The Morgan fingerprint density at radius 2 is 1.53 bits per heavy atom. The molecule has 0 amide bonds. The number of allylic oxidation sites excluding steroid dienone is 5. The van der Waals surface area contributed by atoms with Crippen LogP contribution in [0.5, 0.6) is 0 Å². The highest BCUT2D eigenvalue weighted by atomic mass is 16.6. The molecule has 2 aliphatic rings. The molecule has 0 radical (unpaired) electrons. The Morgan fingerprint density at radius 3 is 2.07 bits per heavy atom. The monoisotopic (exact) mass is 414 g/mol. The first kappa shape index (κ1) is 23.8. The Kier molecular flexibility index (Phi) is 7.27. The lowest BCUT2D eigenvalue weighted by molar-refractivity contribution is -0.171. The van der Waals surface area contributed by atoms with Crippen LogP contribution in [0.2, 0.25) is 0 Å². The summed E-state index contributed by atoms with van der Waals surface area (Å²) in [4.78, 5) is 37.7. The first-order valence-electron chi connectivity index (χ1n) is 10.5. The number of Topliss-reactive ketones (excluding diaryl/α,β-unsaturated/α-hetero) is 1. The second-order valence-electron chi connectivity index (χ2n) is 8.98. The Morgan fingerprint density at radius 1 is 1.00 bits per heavy atom. The van der Waals surface area contributed by atoms with Gasteiger partial charge in [0.15, 0.2) is 11.9 Å². The van der Waals surface area contributed by atoms with E-state index in [9.17, 15) is 14.4 Å². The van der Waals surface area contributed by atoms with Crippen LogP contribution in [-0.2, 0) is 23.9 Å². The van der Waals surface area contributed by atoms with E-state index in [1.807, 2.05) is 39.8 Å². The molecule has 0 saturated heterocycles. The molecule has 5 heteroatoms.